The monoisotopic (exact) mass is 251 g/mol. The average Bonchev–Trinajstić information content (AvgIpc) is 2.34. The van der Waals surface area contributed by atoms with Crippen LogP contribution in [0.25, 0.3) is 0 Å². The van der Waals surface area contributed by atoms with E-state index in [0.717, 1.165) is 11.1 Å². The van der Waals surface area contributed by atoms with Gasteiger partial charge in [-0.2, -0.15) is 0 Å². The van der Waals surface area contributed by atoms with Crippen molar-refractivity contribution < 1.29 is 9.50 Å². The Morgan fingerprint density at radius 1 is 1.18 bits per heavy atom. The number of aromatic nitrogens is 1. The van der Waals surface area contributed by atoms with E-state index in [9.17, 15) is 9.50 Å². The SMILES string of the molecule is OCc1nccc(Cl)c1Cc1ccc(F)cc1. The fourth-order valence-corrected chi connectivity index (χ4v) is 1.87. The van der Waals surface area contributed by atoms with E-state index in [2.05, 4.69) is 4.98 Å². The molecule has 0 radical (unpaired) electrons. The van der Waals surface area contributed by atoms with Gasteiger partial charge in [-0.15, -0.1) is 0 Å². The van der Waals surface area contributed by atoms with Gasteiger partial charge in [-0.05, 0) is 29.3 Å². The van der Waals surface area contributed by atoms with Gasteiger partial charge >= 0.3 is 0 Å². The third kappa shape index (κ3) is 2.81. The van der Waals surface area contributed by atoms with E-state index in [1.807, 2.05) is 0 Å². The third-order valence-electron chi connectivity index (χ3n) is 2.53. The topological polar surface area (TPSA) is 33.1 Å². The molecule has 0 aliphatic carbocycles. The fourth-order valence-electron chi connectivity index (χ4n) is 1.64. The molecule has 2 aromatic rings. The molecule has 0 amide bonds. The normalized spacial score (nSPS) is 10.5. The molecule has 0 fully saturated rings. The first-order valence-corrected chi connectivity index (χ1v) is 5.56. The molecule has 88 valence electrons. The van der Waals surface area contributed by atoms with E-state index in [-0.39, 0.29) is 12.4 Å². The van der Waals surface area contributed by atoms with E-state index >= 15 is 0 Å². The van der Waals surface area contributed by atoms with Crippen molar-refractivity contribution in [3.63, 3.8) is 0 Å². The van der Waals surface area contributed by atoms with Gasteiger partial charge in [0.15, 0.2) is 0 Å². The van der Waals surface area contributed by atoms with E-state index in [0.29, 0.717) is 17.1 Å². The smallest absolute Gasteiger partial charge is 0.123 e. The number of rotatable bonds is 3. The minimum atomic E-state index is -0.270. The standard InChI is InChI=1S/C13H11ClFNO/c14-12-5-6-16-13(8-17)11(12)7-9-1-3-10(15)4-2-9/h1-6,17H,7-8H2. The molecule has 2 rings (SSSR count). The predicted octanol–water partition coefficient (Wildman–Crippen LogP) is 2.96. The zero-order chi connectivity index (χ0) is 12.3. The molecule has 1 N–H and O–H groups in total. The van der Waals surface area contributed by atoms with E-state index in [1.54, 1.807) is 24.4 Å². The Hall–Kier alpha value is -1.45. The number of aliphatic hydroxyl groups excluding tert-OH is 1. The van der Waals surface area contributed by atoms with Gasteiger partial charge in [0.1, 0.15) is 5.82 Å². The summed E-state index contributed by atoms with van der Waals surface area (Å²) in [5, 5.41) is 9.75. The number of hydrogen-bond donors (Lipinski definition) is 1. The predicted molar refractivity (Wildman–Crippen MR) is 64.4 cm³/mol. The molecular weight excluding hydrogens is 241 g/mol. The van der Waals surface area contributed by atoms with E-state index in [4.69, 9.17) is 11.6 Å². The number of aliphatic hydroxyl groups is 1. The lowest BCUT2D eigenvalue weighted by Gasteiger charge is -2.08. The first kappa shape index (κ1) is 12.0. The number of benzene rings is 1. The first-order valence-electron chi connectivity index (χ1n) is 5.18. The van der Waals surface area contributed by atoms with Crippen LogP contribution in [0.1, 0.15) is 16.8 Å². The van der Waals surface area contributed by atoms with Crippen LogP contribution >= 0.6 is 11.6 Å². The summed E-state index contributed by atoms with van der Waals surface area (Å²) >= 11 is 6.06. The summed E-state index contributed by atoms with van der Waals surface area (Å²) in [6.45, 7) is -0.156. The molecule has 1 aromatic heterocycles. The van der Waals surface area contributed by atoms with Crippen LogP contribution in [0.3, 0.4) is 0 Å². The summed E-state index contributed by atoms with van der Waals surface area (Å²) < 4.78 is 12.8. The summed E-state index contributed by atoms with van der Waals surface area (Å²) in [4.78, 5) is 4.06. The molecule has 2 nitrogen and oxygen atoms in total. The molecule has 0 bridgehead atoms. The molecule has 0 spiro atoms. The molecule has 17 heavy (non-hydrogen) atoms. The Kier molecular flexibility index (Phi) is 3.71. The van der Waals surface area contributed by atoms with Crippen LogP contribution < -0.4 is 0 Å². The molecule has 4 heteroatoms. The van der Waals surface area contributed by atoms with Gasteiger partial charge in [-0.1, -0.05) is 23.7 Å². The molecule has 0 saturated heterocycles. The average molecular weight is 252 g/mol. The molecule has 1 aromatic carbocycles. The number of halogens is 2. The van der Waals surface area contributed by atoms with Crippen LogP contribution in [0.2, 0.25) is 5.02 Å². The van der Waals surface area contributed by atoms with Gasteiger partial charge in [-0.25, -0.2) is 4.39 Å². The van der Waals surface area contributed by atoms with Gasteiger partial charge in [0, 0.05) is 17.6 Å². The molecule has 0 saturated carbocycles. The van der Waals surface area contributed by atoms with Crippen molar-refractivity contribution in [2.75, 3.05) is 0 Å². The maximum Gasteiger partial charge on any atom is 0.123 e. The Balaban J connectivity index is 2.32. The highest BCUT2D eigenvalue weighted by Gasteiger charge is 2.08. The Morgan fingerprint density at radius 3 is 2.53 bits per heavy atom. The van der Waals surface area contributed by atoms with Crippen LogP contribution in [0, 0.1) is 5.82 Å². The van der Waals surface area contributed by atoms with Crippen LogP contribution in [0.4, 0.5) is 4.39 Å². The summed E-state index contributed by atoms with van der Waals surface area (Å²) in [6.07, 6.45) is 2.09. The van der Waals surface area contributed by atoms with Crippen molar-refractivity contribution in [2.24, 2.45) is 0 Å². The highest BCUT2D eigenvalue weighted by molar-refractivity contribution is 6.31. The molecule has 0 aliphatic heterocycles. The Labute approximate surface area is 104 Å². The highest BCUT2D eigenvalue weighted by atomic mass is 35.5. The van der Waals surface area contributed by atoms with Crippen molar-refractivity contribution in [1.29, 1.82) is 0 Å². The highest BCUT2D eigenvalue weighted by Crippen LogP contribution is 2.21. The minimum absolute atomic E-state index is 0.156. The van der Waals surface area contributed by atoms with Gasteiger partial charge < -0.3 is 5.11 Å². The number of nitrogens with zero attached hydrogens (tertiary/aromatic N) is 1. The van der Waals surface area contributed by atoms with Crippen LogP contribution in [0.15, 0.2) is 36.5 Å². The maximum absolute atomic E-state index is 12.8. The molecule has 0 unspecified atom stereocenters. The summed E-state index contributed by atoms with van der Waals surface area (Å²) in [7, 11) is 0. The minimum Gasteiger partial charge on any atom is -0.390 e. The summed E-state index contributed by atoms with van der Waals surface area (Å²) in [5.74, 6) is -0.270. The van der Waals surface area contributed by atoms with Gasteiger partial charge in [-0.3, -0.25) is 4.98 Å². The van der Waals surface area contributed by atoms with Crippen LogP contribution in [-0.4, -0.2) is 10.1 Å². The zero-order valence-corrected chi connectivity index (χ0v) is 9.78. The second-order valence-corrected chi connectivity index (χ2v) is 4.09. The van der Waals surface area contributed by atoms with Crippen LogP contribution in [0.5, 0.6) is 0 Å². The number of pyridine rings is 1. The van der Waals surface area contributed by atoms with Crippen molar-refractivity contribution in [3.05, 3.63) is 64.2 Å². The Morgan fingerprint density at radius 2 is 1.88 bits per heavy atom. The lowest BCUT2D eigenvalue weighted by atomic mass is 10.0. The molecule has 0 aliphatic rings. The van der Waals surface area contributed by atoms with Crippen molar-refractivity contribution in [3.8, 4) is 0 Å². The fraction of sp³-hybridized carbons (Fsp3) is 0.154. The first-order chi connectivity index (χ1) is 8.20. The van der Waals surface area contributed by atoms with E-state index in [1.165, 1.54) is 12.1 Å². The lowest BCUT2D eigenvalue weighted by molar-refractivity contribution is 0.275. The second kappa shape index (κ2) is 5.25. The largest absolute Gasteiger partial charge is 0.390 e. The number of hydrogen-bond acceptors (Lipinski definition) is 2. The lowest BCUT2D eigenvalue weighted by Crippen LogP contribution is -1.99. The quantitative estimate of drug-likeness (QED) is 0.910. The van der Waals surface area contributed by atoms with Crippen molar-refractivity contribution >= 4 is 11.6 Å². The van der Waals surface area contributed by atoms with Crippen molar-refractivity contribution in [2.45, 2.75) is 13.0 Å². The Bertz CT molecular complexity index is 513. The molecule has 1 heterocycles. The van der Waals surface area contributed by atoms with Gasteiger partial charge in [0.05, 0.1) is 12.3 Å². The third-order valence-corrected chi connectivity index (χ3v) is 2.89. The molecule has 0 atom stereocenters. The second-order valence-electron chi connectivity index (χ2n) is 3.68. The van der Waals surface area contributed by atoms with Crippen LogP contribution in [-0.2, 0) is 13.0 Å². The maximum atomic E-state index is 12.8. The van der Waals surface area contributed by atoms with E-state index < -0.39 is 0 Å². The van der Waals surface area contributed by atoms with Gasteiger partial charge in [0.25, 0.3) is 0 Å². The molecular formula is C13H11ClFNO. The zero-order valence-electron chi connectivity index (χ0n) is 9.03. The van der Waals surface area contributed by atoms with Crippen molar-refractivity contribution in [1.82, 2.24) is 4.98 Å². The van der Waals surface area contributed by atoms with Gasteiger partial charge in [0.2, 0.25) is 0 Å². The summed E-state index contributed by atoms with van der Waals surface area (Å²) in [6, 6.07) is 7.87. The summed E-state index contributed by atoms with van der Waals surface area (Å²) in [5.41, 5.74) is 2.26.